The average molecular weight is 273 g/mol. The van der Waals surface area contributed by atoms with Crippen LogP contribution in [0.4, 0.5) is 0 Å². The van der Waals surface area contributed by atoms with Gasteiger partial charge in [-0.15, -0.1) is 11.3 Å². The molecule has 1 aliphatic heterocycles. The summed E-state index contributed by atoms with van der Waals surface area (Å²) in [5, 5.41) is 5.77. The van der Waals surface area contributed by atoms with Crippen molar-refractivity contribution in [2.75, 3.05) is 19.8 Å². The minimum absolute atomic E-state index is 0.424. The Morgan fingerprint density at radius 3 is 2.79 bits per heavy atom. The number of ether oxygens (including phenoxy) is 1. The molecule has 0 spiro atoms. The molecule has 0 radical (unpaired) electrons. The lowest BCUT2D eigenvalue weighted by atomic mass is 9.90. The third-order valence-corrected chi connectivity index (χ3v) is 4.65. The van der Waals surface area contributed by atoms with E-state index in [9.17, 15) is 0 Å². The van der Waals surface area contributed by atoms with E-state index in [0.717, 1.165) is 26.2 Å². The molecule has 3 rings (SSSR count). The van der Waals surface area contributed by atoms with Crippen molar-refractivity contribution in [1.29, 1.82) is 0 Å². The van der Waals surface area contributed by atoms with Gasteiger partial charge < -0.3 is 10.1 Å². The summed E-state index contributed by atoms with van der Waals surface area (Å²) >= 11 is 1.85. The molecular weight excluding hydrogens is 254 g/mol. The summed E-state index contributed by atoms with van der Waals surface area (Å²) in [7, 11) is 0. The molecule has 2 heterocycles. The van der Waals surface area contributed by atoms with E-state index in [1.807, 2.05) is 11.3 Å². The van der Waals surface area contributed by atoms with Crippen LogP contribution in [0.25, 0.3) is 0 Å². The number of morpholine rings is 1. The summed E-state index contributed by atoms with van der Waals surface area (Å²) in [5.74, 6) is 0.502. The minimum Gasteiger partial charge on any atom is -0.378 e. The maximum atomic E-state index is 5.64. The first-order valence-corrected chi connectivity index (χ1v) is 7.70. The van der Waals surface area contributed by atoms with Crippen molar-refractivity contribution in [1.82, 2.24) is 5.32 Å². The van der Waals surface area contributed by atoms with Gasteiger partial charge >= 0.3 is 0 Å². The van der Waals surface area contributed by atoms with Crippen molar-refractivity contribution in [3.8, 4) is 0 Å². The lowest BCUT2D eigenvalue weighted by Gasteiger charge is -2.31. The van der Waals surface area contributed by atoms with E-state index in [1.165, 1.54) is 10.4 Å². The summed E-state index contributed by atoms with van der Waals surface area (Å²) in [4.78, 5) is 1.45. The van der Waals surface area contributed by atoms with Gasteiger partial charge in [0.25, 0.3) is 0 Å². The van der Waals surface area contributed by atoms with Crippen molar-refractivity contribution < 1.29 is 4.74 Å². The minimum atomic E-state index is 0.424. The Kier molecular flexibility index (Phi) is 4.28. The Morgan fingerprint density at radius 1 is 1.21 bits per heavy atom. The quantitative estimate of drug-likeness (QED) is 0.924. The Bertz CT molecular complexity index is 477. The van der Waals surface area contributed by atoms with Gasteiger partial charge in [0.05, 0.1) is 13.2 Å². The molecule has 2 aromatic rings. The zero-order valence-electron chi connectivity index (χ0n) is 10.9. The number of rotatable bonds is 4. The molecule has 2 unspecified atom stereocenters. The van der Waals surface area contributed by atoms with E-state index in [2.05, 4.69) is 53.2 Å². The number of hydrogen-bond donors (Lipinski definition) is 1. The van der Waals surface area contributed by atoms with Gasteiger partial charge in [-0.2, -0.15) is 0 Å². The smallest absolute Gasteiger partial charge is 0.0626 e. The molecule has 0 saturated carbocycles. The van der Waals surface area contributed by atoms with E-state index in [1.54, 1.807) is 0 Å². The predicted molar refractivity (Wildman–Crippen MR) is 79.8 cm³/mol. The van der Waals surface area contributed by atoms with E-state index >= 15 is 0 Å². The molecular formula is C16H19NOS. The molecule has 1 saturated heterocycles. The fourth-order valence-electron chi connectivity index (χ4n) is 2.66. The van der Waals surface area contributed by atoms with Gasteiger partial charge in [-0.1, -0.05) is 36.4 Å². The van der Waals surface area contributed by atoms with Crippen LogP contribution in [0.5, 0.6) is 0 Å². The van der Waals surface area contributed by atoms with Crippen LogP contribution in [0.2, 0.25) is 0 Å². The zero-order chi connectivity index (χ0) is 12.9. The molecule has 1 fully saturated rings. The highest BCUT2D eigenvalue weighted by molar-refractivity contribution is 7.10. The fraction of sp³-hybridized carbons (Fsp3) is 0.375. The normalized spacial score (nSPS) is 21.2. The Morgan fingerprint density at radius 2 is 2.11 bits per heavy atom. The number of thiophene rings is 1. The van der Waals surface area contributed by atoms with Gasteiger partial charge in [0.15, 0.2) is 0 Å². The van der Waals surface area contributed by atoms with Crippen LogP contribution in [0.3, 0.4) is 0 Å². The Labute approximate surface area is 118 Å². The van der Waals surface area contributed by atoms with Crippen LogP contribution in [-0.4, -0.2) is 25.8 Å². The monoisotopic (exact) mass is 273 g/mol. The fourth-order valence-corrected chi connectivity index (χ4v) is 3.55. The highest BCUT2D eigenvalue weighted by Crippen LogP contribution is 2.29. The highest BCUT2D eigenvalue weighted by atomic mass is 32.1. The molecule has 3 heteroatoms. The summed E-state index contributed by atoms with van der Waals surface area (Å²) in [6, 6.07) is 15.5. The van der Waals surface area contributed by atoms with E-state index < -0.39 is 0 Å². The predicted octanol–water partition coefficient (Wildman–Crippen LogP) is 3.06. The lowest BCUT2D eigenvalue weighted by Crippen LogP contribution is -2.45. The van der Waals surface area contributed by atoms with Crippen LogP contribution >= 0.6 is 11.3 Å². The molecule has 1 aromatic heterocycles. The van der Waals surface area contributed by atoms with Gasteiger partial charge in [0.1, 0.15) is 0 Å². The standard InChI is InChI=1S/C16H19NOS/c1-2-5-13(6-3-1)11-14(16-7-4-10-19-16)15-12-18-9-8-17-15/h1-7,10,14-15,17H,8-9,11-12H2. The third kappa shape index (κ3) is 3.24. The first-order chi connectivity index (χ1) is 9.43. The zero-order valence-corrected chi connectivity index (χ0v) is 11.7. The van der Waals surface area contributed by atoms with Crippen LogP contribution in [0.15, 0.2) is 47.8 Å². The molecule has 100 valence electrons. The third-order valence-electron chi connectivity index (χ3n) is 3.64. The van der Waals surface area contributed by atoms with Gasteiger partial charge in [0, 0.05) is 23.4 Å². The number of nitrogens with one attached hydrogen (secondary N) is 1. The summed E-state index contributed by atoms with van der Waals surface area (Å²) in [6.45, 7) is 2.61. The maximum absolute atomic E-state index is 5.64. The van der Waals surface area contributed by atoms with Gasteiger partial charge in [0.2, 0.25) is 0 Å². The summed E-state index contributed by atoms with van der Waals surface area (Å²) in [5.41, 5.74) is 1.40. The first kappa shape index (κ1) is 12.9. The number of hydrogen-bond acceptors (Lipinski definition) is 3. The second-order valence-corrected chi connectivity index (χ2v) is 5.93. The van der Waals surface area contributed by atoms with Crippen molar-refractivity contribution in [2.24, 2.45) is 0 Å². The summed E-state index contributed by atoms with van der Waals surface area (Å²) < 4.78 is 5.64. The van der Waals surface area contributed by atoms with Gasteiger partial charge in [-0.25, -0.2) is 0 Å². The second kappa shape index (κ2) is 6.33. The molecule has 0 bridgehead atoms. The van der Waals surface area contributed by atoms with Crippen LogP contribution in [-0.2, 0) is 11.2 Å². The largest absolute Gasteiger partial charge is 0.378 e. The van der Waals surface area contributed by atoms with Crippen LogP contribution in [0.1, 0.15) is 16.4 Å². The van der Waals surface area contributed by atoms with Crippen LogP contribution in [0, 0.1) is 0 Å². The van der Waals surface area contributed by atoms with E-state index in [0.29, 0.717) is 12.0 Å². The molecule has 19 heavy (non-hydrogen) atoms. The van der Waals surface area contributed by atoms with Crippen molar-refractivity contribution in [3.63, 3.8) is 0 Å². The summed E-state index contributed by atoms with van der Waals surface area (Å²) in [6.07, 6.45) is 1.07. The first-order valence-electron chi connectivity index (χ1n) is 6.82. The Balaban J connectivity index is 1.80. The van der Waals surface area contributed by atoms with Gasteiger partial charge in [-0.3, -0.25) is 0 Å². The molecule has 0 amide bonds. The molecule has 1 aromatic carbocycles. The average Bonchev–Trinajstić information content (AvgIpc) is 3.01. The SMILES string of the molecule is c1ccc(CC(c2cccs2)C2COCCN2)cc1. The molecule has 2 atom stereocenters. The van der Waals surface area contributed by atoms with Crippen LogP contribution < -0.4 is 5.32 Å². The van der Waals surface area contributed by atoms with E-state index in [4.69, 9.17) is 4.74 Å². The highest BCUT2D eigenvalue weighted by Gasteiger charge is 2.26. The van der Waals surface area contributed by atoms with E-state index in [-0.39, 0.29) is 0 Å². The lowest BCUT2D eigenvalue weighted by molar-refractivity contribution is 0.0681. The second-order valence-electron chi connectivity index (χ2n) is 4.95. The maximum Gasteiger partial charge on any atom is 0.0626 e. The van der Waals surface area contributed by atoms with Gasteiger partial charge in [-0.05, 0) is 23.4 Å². The number of benzene rings is 1. The van der Waals surface area contributed by atoms with Crippen molar-refractivity contribution >= 4 is 11.3 Å². The topological polar surface area (TPSA) is 21.3 Å². The van der Waals surface area contributed by atoms with Crippen molar-refractivity contribution in [2.45, 2.75) is 18.4 Å². The molecule has 0 aliphatic carbocycles. The van der Waals surface area contributed by atoms with Crippen molar-refractivity contribution in [3.05, 3.63) is 58.3 Å². The Hall–Kier alpha value is -1.16. The molecule has 1 aliphatic rings. The molecule has 2 nitrogen and oxygen atoms in total. The molecule has 1 N–H and O–H groups in total.